The van der Waals surface area contributed by atoms with Gasteiger partial charge in [0.1, 0.15) is 0 Å². The third kappa shape index (κ3) is 2.28. The van der Waals surface area contributed by atoms with Crippen molar-refractivity contribution in [2.75, 3.05) is 0 Å². The molecule has 0 amide bonds. The van der Waals surface area contributed by atoms with Crippen LogP contribution in [0, 0.1) is 0 Å². The Balaban J connectivity index is 1.92. The third-order valence-electron chi connectivity index (χ3n) is 5.07. The van der Waals surface area contributed by atoms with E-state index in [0.717, 1.165) is 23.0 Å². The summed E-state index contributed by atoms with van der Waals surface area (Å²) in [6.07, 6.45) is 1.51. The molecule has 1 N–H and O–H groups in total. The van der Waals surface area contributed by atoms with E-state index in [0.29, 0.717) is 6.42 Å². The van der Waals surface area contributed by atoms with E-state index in [1.807, 2.05) is 45.9 Å². The first-order chi connectivity index (χ1) is 9.71. The lowest BCUT2D eigenvalue weighted by Crippen LogP contribution is -2.41. The fraction of sp³-hybridized carbons (Fsp3) is 0.562. The molecule has 1 aromatic carbocycles. The van der Waals surface area contributed by atoms with Gasteiger partial charge in [-0.3, -0.25) is 4.79 Å². The van der Waals surface area contributed by atoms with Crippen LogP contribution >= 0.6 is 0 Å². The molecule has 1 aromatic rings. The summed E-state index contributed by atoms with van der Waals surface area (Å²) in [4.78, 5) is 11.3. The lowest BCUT2D eigenvalue weighted by molar-refractivity contribution is -0.138. The molecular weight excluding hydrogens is 267 g/mol. The standard InChI is InChI=1S/C16H21BO4/c1-15(2)16(3,4)21-17(20-15)11-7-5-10-6-8-12(14(18)19)13(10)9-11/h5,7,9,12H,6,8H2,1-4H3,(H,18,19)/t12-/m1/s1. The monoisotopic (exact) mass is 288 g/mol. The van der Waals surface area contributed by atoms with Crippen LogP contribution in [0.4, 0.5) is 0 Å². The van der Waals surface area contributed by atoms with E-state index in [2.05, 4.69) is 0 Å². The van der Waals surface area contributed by atoms with Crippen LogP contribution in [0.3, 0.4) is 0 Å². The van der Waals surface area contributed by atoms with E-state index >= 15 is 0 Å². The lowest BCUT2D eigenvalue weighted by Gasteiger charge is -2.32. The molecule has 2 aliphatic rings. The molecule has 1 aliphatic heterocycles. The van der Waals surface area contributed by atoms with Crippen LogP contribution in [0.25, 0.3) is 0 Å². The van der Waals surface area contributed by atoms with Crippen LogP contribution in [-0.2, 0) is 20.5 Å². The van der Waals surface area contributed by atoms with Crippen LogP contribution in [-0.4, -0.2) is 29.4 Å². The molecule has 112 valence electrons. The normalized spacial score (nSPS) is 25.9. The summed E-state index contributed by atoms with van der Waals surface area (Å²) in [5.41, 5.74) is 2.17. The molecule has 0 spiro atoms. The number of rotatable bonds is 2. The second kappa shape index (κ2) is 4.58. The van der Waals surface area contributed by atoms with Gasteiger partial charge in [-0.25, -0.2) is 0 Å². The maximum Gasteiger partial charge on any atom is 0.494 e. The molecule has 0 bridgehead atoms. The van der Waals surface area contributed by atoms with Crippen molar-refractivity contribution in [3.8, 4) is 0 Å². The van der Waals surface area contributed by atoms with Gasteiger partial charge in [-0.05, 0) is 57.1 Å². The van der Waals surface area contributed by atoms with Gasteiger partial charge in [-0.15, -0.1) is 0 Å². The van der Waals surface area contributed by atoms with Crippen molar-refractivity contribution in [2.24, 2.45) is 0 Å². The number of hydrogen-bond acceptors (Lipinski definition) is 3. The number of aryl methyl sites for hydroxylation is 1. The van der Waals surface area contributed by atoms with Gasteiger partial charge in [-0.2, -0.15) is 0 Å². The van der Waals surface area contributed by atoms with E-state index in [1.54, 1.807) is 0 Å². The Kier molecular flexibility index (Phi) is 3.19. The second-order valence-electron chi connectivity index (χ2n) is 6.98. The largest absolute Gasteiger partial charge is 0.494 e. The van der Waals surface area contributed by atoms with Crippen LogP contribution in [0.15, 0.2) is 18.2 Å². The van der Waals surface area contributed by atoms with Crippen molar-refractivity contribution in [3.05, 3.63) is 29.3 Å². The predicted molar refractivity (Wildman–Crippen MR) is 80.9 cm³/mol. The van der Waals surface area contributed by atoms with Crippen molar-refractivity contribution in [1.82, 2.24) is 0 Å². The van der Waals surface area contributed by atoms with Gasteiger partial charge in [0.15, 0.2) is 0 Å². The third-order valence-corrected chi connectivity index (χ3v) is 5.07. The fourth-order valence-electron chi connectivity index (χ4n) is 3.00. The van der Waals surface area contributed by atoms with Crippen LogP contribution < -0.4 is 5.46 Å². The highest BCUT2D eigenvalue weighted by atomic mass is 16.7. The average Bonchev–Trinajstić information content (AvgIpc) is 2.87. The van der Waals surface area contributed by atoms with Gasteiger partial charge in [0, 0.05) is 0 Å². The number of hydrogen-bond donors (Lipinski definition) is 1. The molecule has 1 heterocycles. The number of carbonyl (C=O) groups is 1. The number of aliphatic carboxylic acids is 1. The van der Waals surface area contributed by atoms with Crippen molar-refractivity contribution in [3.63, 3.8) is 0 Å². The highest BCUT2D eigenvalue weighted by Gasteiger charge is 2.51. The van der Waals surface area contributed by atoms with Gasteiger partial charge >= 0.3 is 13.1 Å². The minimum Gasteiger partial charge on any atom is -0.481 e. The predicted octanol–water partition coefficient (Wildman–Crippen LogP) is 2.10. The molecule has 1 atom stereocenters. The minimum absolute atomic E-state index is 0.386. The molecule has 0 unspecified atom stereocenters. The second-order valence-corrected chi connectivity index (χ2v) is 6.98. The Hall–Kier alpha value is -1.33. The molecule has 0 radical (unpaired) electrons. The summed E-state index contributed by atoms with van der Waals surface area (Å²) < 4.78 is 12.1. The molecule has 0 aromatic heterocycles. The van der Waals surface area contributed by atoms with Gasteiger partial charge in [-0.1, -0.05) is 18.2 Å². The number of benzene rings is 1. The summed E-state index contributed by atoms with van der Waals surface area (Å²) in [5, 5.41) is 9.32. The van der Waals surface area contributed by atoms with E-state index < -0.39 is 19.0 Å². The fourth-order valence-corrected chi connectivity index (χ4v) is 3.00. The number of carboxylic acids is 1. The molecule has 5 heteroatoms. The molecule has 21 heavy (non-hydrogen) atoms. The Morgan fingerprint density at radius 2 is 1.86 bits per heavy atom. The topological polar surface area (TPSA) is 55.8 Å². The molecule has 4 nitrogen and oxygen atoms in total. The van der Waals surface area contributed by atoms with Crippen LogP contribution in [0.1, 0.15) is 51.2 Å². The quantitative estimate of drug-likeness (QED) is 0.847. The van der Waals surface area contributed by atoms with E-state index in [1.165, 1.54) is 0 Å². The maximum atomic E-state index is 11.3. The highest BCUT2D eigenvalue weighted by Crippen LogP contribution is 2.37. The molecular formula is C16H21BO4. The Morgan fingerprint density at radius 3 is 2.43 bits per heavy atom. The van der Waals surface area contributed by atoms with E-state index in [-0.39, 0.29) is 11.2 Å². The van der Waals surface area contributed by atoms with Gasteiger partial charge in [0.2, 0.25) is 0 Å². The maximum absolute atomic E-state index is 11.3. The Labute approximate surface area is 125 Å². The number of carboxylic acid groups (broad SMARTS) is 1. The minimum atomic E-state index is -0.750. The molecule has 3 rings (SSSR count). The van der Waals surface area contributed by atoms with Crippen LogP contribution in [0.5, 0.6) is 0 Å². The SMILES string of the molecule is CC1(C)OB(c2ccc3c(c2)[C@H](C(=O)O)CC3)OC1(C)C. The first kappa shape index (κ1) is 14.6. The van der Waals surface area contributed by atoms with Gasteiger partial charge in [0.25, 0.3) is 0 Å². The number of fused-ring (bicyclic) bond motifs is 1. The smallest absolute Gasteiger partial charge is 0.481 e. The molecule has 1 saturated heterocycles. The van der Waals surface area contributed by atoms with Crippen molar-refractivity contribution >= 4 is 18.6 Å². The zero-order valence-corrected chi connectivity index (χ0v) is 13.0. The summed E-state index contributed by atoms with van der Waals surface area (Å²) in [7, 11) is -0.435. The zero-order chi connectivity index (χ0) is 15.4. The first-order valence-electron chi connectivity index (χ1n) is 7.42. The van der Waals surface area contributed by atoms with Crippen LogP contribution in [0.2, 0.25) is 0 Å². The Morgan fingerprint density at radius 1 is 1.24 bits per heavy atom. The summed E-state index contributed by atoms with van der Waals surface area (Å²) in [6.45, 7) is 8.06. The van der Waals surface area contributed by atoms with E-state index in [9.17, 15) is 9.90 Å². The molecule has 0 saturated carbocycles. The van der Waals surface area contributed by atoms with E-state index in [4.69, 9.17) is 9.31 Å². The summed E-state index contributed by atoms with van der Waals surface area (Å²) in [6, 6.07) is 5.95. The molecule has 1 aliphatic carbocycles. The van der Waals surface area contributed by atoms with Gasteiger partial charge < -0.3 is 14.4 Å². The van der Waals surface area contributed by atoms with Gasteiger partial charge in [0.05, 0.1) is 17.1 Å². The summed E-state index contributed by atoms with van der Waals surface area (Å²) >= 11 is 0. The Bertz CT molecular complexity index is 578. The molecule has 1 fully saturated rings. The van der Waals surface area contributed by atoms with Crippen molar-refractivity contribution < 1.29 is 19.2 Å². The van der Waals surface area contributed by atoms with Crippen molar-refractivity contribution in [2.45, 2.75) is 57.7 Å². The lowest BCUT2D eigenvalue weighted by atomic mass is 9.77. The highest BCUT2D eigenvalue weighted by molar-refractivity contribution is 6.62. The zero-order valence-electron chi connectivity index (χ0n) is 13.0. The van der Waals surface area contributed by atoms with Crippen molar-refractivity contribution in [1.29, 1.82) is 0 Å². The average molecular weight is 288 g/mol. The summed E-state index contributed by atoms with van der Waals surface area (Å²) in [5.74, 6) is -1.15. The first-order valence-corrected chi connectivity index (χ1v) is 7.42.